The summed E-state index contributed by atoms with van der Waals surface area (Å²) < 4.78 is 31.7. The van der Waals surface area contributed by atoms with E-state index in [1.165, 1.54) is 11.1 Å². The zero-order valence-corrected chi connectivity index (χ0v) is 18.0. The standard InChI is InChI=1S/C21H23N5.C2HF3O2/c1-16-24-20(19-8-4-5-10-22-19)14-21(25-16)23-11-13-26-12-9-17-6-2-3-7-18(17)15-26;3-2(4,5)1(6)7/h2-8,10,14H,9,11-13,15H2,1H3,(H,23,24,25);(H,6,7). The number of aromatic nitrogens is 3. The Morgan fingerprint density at radius 2 is 1.79 bits per heavy atom. The van der Waals surface area contributed by atoms with Crippen LogP contribution in [0.3, 0.4) is 0 Å². The smallest absolute Gasteiger partial charge is 0.475 e. The number of fused-ring (bicyclic) bond motifs is 1. The van der Waals surface area contributed by atoms with Crippen LogP contribution < -0.4 is 5.32 Å². The first-order valence-electron chi connectivity index (χ1n) is 10.3. The topological polar surface area (TPSA) is 91.2 Å². The van der Waals surface area contributed by atoms with E-state index in [0.717, 1.165) is 55.6 Å². The quantitative estimate of drug-likeness (QED) is 0.597. The Labute approximate surface area is 189 Å². The first kappa shape index (κ1) is 24.1. The summed E-state index contributed by atoms with van der Waals surface area (Å²) in [5.74, 6) is -1.15. The second-order valence-electron chi connectivity index (χ2n) is 7.43. The highest BCUT2D eigenvalue weighted by molar-refractivity contribution is 5.73. The van der Waals surface area contributed by atoms with E-state index < -0.39 is 12.1 Å². The van der Waals surface area contributed by atoms with E-state index in [0.29, 0.717) is 0 Å². The van der Waals surface area contributed by atoms with E-state index in [9.17, 15) is 13.2 Å². The van der Waals surface area contributed by atoms with Crippen molar-refractivity contribution in [2.45, 2.75) is 26.1 Å². The van der Waals surface area contributed by atoms with Crippen LogP contribution >= 0.6 is 0 Å². The zero-order valence-electron chi connectivity index (χ0n) is 18.0. The number of alkyl halides is 3. The highest BCUT2D eigenvalue weighted by Crippen LogP contribution is 2.19. The number of carboxylic acids is 1. The maximum atomic E-state index is 10.6. The van der Waals surface area contributed by atoms with Gasteiger partial charge in [-0.1, -0.05) is 30.3 Å². The van der Waals surface area contributed by atoms with Crippen molar-refractivity contribution >= 4 is 11.8 Å². The molecule has 0 unspecified atom stereocenters. The van der Waals surface area contributed by atoms with Crippen LogP contribution in [-0.4, -0.2) is 56.7 Å². The molecule has 3 aromatic rings. The Morgan fingerprint density at radius 3 is 2.45 bits per heavy atom. The molecule has 0 radical (unpaired) electrons. The van der Waals surface area contributed by atoms with Crippen molar-refractivity contribution in [3.63, 3.8) is 0 Å². The molecule has 3 heterocycles. The molecule has 1 aliphatic heterocycles. The molecular formula is C23H24F3N5O2. The minimum atomic E-state index is -5.08. The number of pyridine rings is 1. The van der Waals surface area contributed by atoms with Crippen LogP contribution in [0.15, 0.2) is 54.7 Å². The van der Waals surface area contributed by atoms with Crippen LogP contribution in [0, 0.1) is 6.92 Å². The number of anilines is 1. The molecule has 0 bridgehead atoms. The maximum Gasteiger partial charge on any atom is 0.490 e. The highest BCUT2D eigenvalue weighted by atomic mass is 19.4. The Hall–Kier alpha value is -3.53. The van der Waals surface area contributed by atoms with Crippen LogP contribution in [0.25, 0.3) is 11.4 Å². The van der Waals surface area contributed by atoms with Gasteiger partial charge in [-0.15, -0.1) is 0 Å². The summed E-state index contributed by atoms with van der Waals surface area (Å²) in [6.07, 6.45) is -2.17. The van der Waals surface area contributed by atoms with E-state index in [1.54, 1.807) is 6.20 Å². The van der Waals surface area contributed by atoms with Gasteiger partial charge in [0.2, 0.25) is 0 Å². The Bertz CT molecular complexity index is 1080. The molecule has 10 heteroatoms. The molecule has 0 aliphatic carbocycles. The Morgan fingerprint density at radius 1 is 1.09 bits per heavy atom. The normalized spacial score (nSPS) is 13.5. The van der Waals surface area contributed by atoms with Gasteiger partial charge < -0.3 is 10.4 Å². The van der Waals surface area contributed by atoms with Crippen LogP contribution in [-0.2, 0) is 17.8 Å². The summed E-state index contributed by atoms with van der Waals surface area (Å²) in [5, 5.41) is 10.6. The fourth-order valence-electron chi connectivity index (χ4n) is 3.39. The van der Waals surface area contributed by atoms with Gasteiger partial charge in [0, 0.05) is 38.4 Å². The number of rotatable bonds is 5. The molecule has 0 saturated carbocycles. The fraction of sp³-hybridized carbons (Fsp3) is 0.304. The van der Waals surface area contributed by atoms with Crippen molar-refractivity contribution in [1.29, 1.82) is 0 Å². The van der Waals surface area contributed by atoms with Gasteiger partial charge in [-0.05, 0) is 36.6 Å². The number of nitrogens with one attached hydrogen (secondary N) is 1. The van der Waals surface area contributed by atoms with Crippen LogP contribution in [0.5, 0.6) is 0 Å². The maximum absolute atomic E-state index is 10.6. The summed E-state index contributed by atoms with van der Waals surface area (Å²) >= 11 is 0. The van der Waals surface area contributed by atoms with Crippen molar-refractivity contribution in [2.75, 3.05) is 25.0 Å². The molecule has 0 saturated heterocycles. The van der Waals surface area contributed by atoms with Gasteiger partial charge in [0.25, 0.3) is 0 Å². The number of nitrogens with zero attached hydrogens (tertiary/aromatic N) is 4. The molecule has 0 amide bonds. The van der Waals surface area contributed by atoms with E-state index in [2.05, 4.69) is 49.4 Å². The number of carboxylic acid groups (broad SMARTS) is 1. The fourth-order valence-corrected chi connectivity index (χ4v) is 3.39. The lowest BCUT2D eigenvalue weighted by molar-refractivity contribution is -0.192. The SMILES string of the molecule is Cc1nc(NCCN2CCc3ccccc3C2)cc(-c2ccccn2)n1.O=C(O)C(F)(F)F. The molecule has 174 valence electrons. The van der Waals surface area contributed by atoms with Gasteiger partial charge in [-0.3, -0.25) is 9.88 Å². The van der Waals surface area contributed by atoms with Crippen molar-refractivity contribution in [3.8, 4) is 11.4 Å². The third kappa shape index (κ3) is 7.25. The van der Waals surface area contributed by atoms with Gasteiger partial charge in [0.1, 0.15) is 11.6 Å². The lowest BCUT2D eigenvalue weighted by atomic mass is 10.00. The van der Waals surface area contributed by atoms with Crippen molar-refractivity contribution in [3.05, 3.63) is 71.7 Å². The van der Waals surface area contributed by atoms with E-state index >= 15 is 0 Å². The van der Waals surface area contributed by atoms with Gasteiger partial charge in [-0.25, -0.2) is 14.8 Å². The molecule has 1 aliphatic rings. The Balaban J connectivity index is 0.000000383. The number of carbonyl (C=O) groups is 1. The van der Waals surface area contributed by atoms with Gasteiger partial charge in [0.15, 0.2) is 0 Å². The monoisotopic (exact) mass is 459 g/mol. The van der Waals surface area contributed by atoms with E-state index in [4.69, 9.17) is 9.90 Å². The average molecular weight is 459 g/mol. The second-order valence-corrected chi connectivity index (χ2v) is 7.43. The van der Waals surface area contributed by atoms with E-state index in [1.807, 2.05) is 31.2 Å². The Kier molecular flexibility index (Phi) is 7.94. The number of aliphatic carboxylic acids is 1. The zero-order chi connectivity index (χ0) is 23.8. The van der Waals surface area contributed by atoms with Gasteiger partial charge in [-0.2, -0.15) is 13.2 Å². The molecule has 0 spiro atoms. The molecule has 2 N–H and O–H groups in total. The number of halogens is 3. The van der Waals surface area contributed by atoms with Crippen molar-refractivity contribution in [2.24, 2.45) is 0 Å². The lowest BCUT2D eigenvalue weighted by Crippen LogP contribution is -2.34. The van der Waals surface area contributed by atoms with Crippen LogP contribution in [0.4, 0.5) is 19.0 Å². The first-order valence-corrected chi connectivity index (χ1v) is 10.3. The third-order valence-corrected chi connectivity index (χ3v) is 4.95. The molecule has 1 aromatic carbocycles. The average Bonchev–Trinajstić information content (AvgIpc) is 2.79. The van der Waals surface area contributed by atoms with Gasteiger partial charge >= 0.3 is 12.1 Å². The van der Waals surface area contributed by atoms with Crippen LogP contribution in [0.1, 0.15) is 17.0 Å². The number of hydrogen-bond donors (Lipinski definition) is 2. The minimum Gasteiger partial charge on any atom is -0.475 e. The molecule has 7 nitrogen and oxygen atoms in total. The second kappa shape index (κ2) is 10.9. The summed E-state index contributed by atoms with van der Waals surface area (Å²) in [7, 11) is 0. The molecule has 0 fully saturated rings. The molecular weight excluding hydrogens is 435 g/mol. The first-order chi connectivity index (χ1) is 15.7. The van der Waals surface area contributed by atoms with Crippen molar-refractivity contribution in [1.82, 2.24) is 19.9 Å². The van der Waals surface area contributed by atoms with E-state index in [-0.39, 0.29) is 0 Å². The molecule has 0 atom stereocenters. The third-order valence-electron chi connectivity index (χ3n) is 4.95. The minimum absolute atomic E-state index is 0.752. The summed E-state index contributed by atoms with van der Waals surface area (Å²) in [4.78, 5) is 24.8. The number of benzene rings is 1. The van der Waals surface area contributed by atoms with Gasteiger partial charge in [0.05, 0.1) is 11.4 Å². The molecule has 2 aromatic heterocycles. The summed E-state index contributed by atoms with van der Waals surface area (Å²) in [5.41, 5.74) is 4.67. The summed E-state index contributed by atoms with van der Waals surface area (Å²) in [6.45, 7) is 5.91. The predicted octanol–water partition coefficient (Wildman–Crippen LogP) is 3.95. The van der Waals surface area contributed by atoms with Crippen LogP contribution in [0.2, 0.25) is 0 Å². The largest absolute Gasteiger partial charge is 0.490 e. The van der Waals surface area contributed by atoms with Crippen molar-refractivity contribution < 1.29 is 23.1 Å². The lowest BCUT2D eigenvalue weighted by Gasteiger charge is -2.28. The number of hydrogen-bond acceptors (Lipinski definition) is 6. The highest BCUT2D eigenvalue weighted by Gasteiger charge is 2.38. The predicted molar refractivity (Wildman–Crippen MR) is 118 cm³/mol. The summed E-state index contributed by atoms with van der Waals surface area (Å²) in [6, 6.07) is 16.6. The molecule has 33 heavy (non-hydrogen) atoms. The molecule has 4 rings (SSSR count). The number of aryl methyl sites for hydroxylation is 1.